The average molecular weight is 422 g/mol. The minimum absolute atomic E-state index is 0.272. The first-order chi connectivity index (χ1) is 13.5. The highest BCUT2D eigenvalue weighted by Gasteiger charge is 2.32. The summed E-state index contributed by atoms with van der Waals surface area (Å²) < 4.78 is 16.3. The van der Waals surface area contributed by atoms with Crippen LogP contribution in [-0.4, -0.2) is 36.0 Å². The van der Waals surface area contributed by atoms with Crippen molar-refractivity contribution in [2.24, 2.45) is 0 Å². The molecule has 7 nitrogen and oxygen atoms in total. The first-order valence-electron chi connectivity index (χ1n) is 8.47. The third-order valence-electron chi connectivity index (χ3n) is 4.60. The first kappa shape index (κ1) is 18.9. The maximum Gasteiger partial charge on any atom is 0.324 e. The van der Waals surface area contributed by atoms with Gasteiger partial charge in [-0.1, -0.05) is 28.4 Å². The van der Waals surface area contributed by atoms with E-state index in [1.165, 1.54) is 0 Å². The highest BCUT2D eigenvalue weighted by molar-refractivity contribution is 6.35. The number of aliphatic hydroxyl groups excluding tert-OH is 1. The molecule has 1 aromatic heterocycles. The van der Waals surface area contributed by atoms with Gasteiger partial charge in [0.1, 0.15) is 17.6 Å². The van der Waals surface area contributed by atoms with Crippen LogP contribution < -0.4 is 14.4 Å². The molecule has 4 rings (SSSR count). The topological polar surface area (TPSA) is 80.9 Å². The fraction of sp³-hybridized carbons (Fsp3) is 0.263. The van der Waals surface area contributed by atoms with Gasteiger partial charge in [-0.2, -0.15) is 4.98 Å². The lowest BCUT2D eigenvalue weighted by atomic mass is 9.95. The van der Waals surface area contributed by atoms with E-state index in [2.05, 4.69) is 10.1 Å². The fourth-order valence-corrected chi connectivity index (χ4v) is 3.89. The minimum atomic E-state index is -0.801. The maximum atomic E-state index is 10.7. The van der Waals surface area contributed by atoms with E-state index in [9.17, 15) is 5.11 Å². The number of hydrogen-bond donors (Lipinski definition) is 1. The van der Waals surface area contributed by atoms with Gasteiger partial charge in [0.2, 0.25) is 5.82 Å². The number of halogens is 2. The number of benzene rings is 2. The quantitative estimate of drug-likeness (QED) is 0.678. The van der Waals surface area contributed by atoms with Crippen molar-refractivity contribution in [1.29, 1.82) is 0 Å². The number of β-amino-alcohol motifs (C(OH)–C–C–N with tert-alkyl or cyclic N) is 1. The molecule has 0 saturated heterocycles. The van der Waals surface area contributed by atoms with Crippen molar-refractivity contribution in [2.45, 2.75) is 12.6 Å². The predicted octanol–water partition coefficient (Wildman–Crippen LogP) is 4.11. The Bertz CT molecular complexity index is 1000. The standard InChI is InChI=1S/C19H17Cl2N3O4/c1-26-15-3-4-16(27-2)17-13(15)8-24(9-14(17)25)19-22-18(23-28-19)10-5-11(20)7-12(21)6-10/h3-7,14,25H,8-9H2,1-2H3. The molecule has 0 radical (unpaired) electrons. The largest absolute Gasteiger partial charge is 0.496 e. The lowest BCUT2D eigenvalue weighted by Gasteiger charge is -2.32. The molecular formula is C19H17Cl2N3O4. The van der Waals surface area contributed by atoms with Crippen LogP contribution in [0.1, 0.15) is 17.2 Å². The number of ether oxygens (including phenoxy) is 2. The van der Waals surface area contributed by atoms with Crippen molar-refractivity contribution in [3.8, 4) is 22.9 Å². The van der Waals surface area contributed by atoms with Gasteiger partial charge < -0.3 is 24.0 Å². The van der Waals surface area contributed by atoms with E-state index < -0.39 is 6.10 Å². The number of anilines is 1. The van der Waals surface area contributed by atoms with Crippen molar-refractivity contribution < 1.29 is 19.1 Å². The molecule has 1 atom stereocenters. The zero-order valence-corrected chi connectivity index (χ0v) is 16.7. The van der Waals surface area contributed by atoms with Crippen molar-refractivity contribution >= 4 is 29.2 Å². The number of rotatable bonds is 4. The Balaban J connectivity index is 1.68. The van der Waals surface area contributed by atoms with Gasteiger partial charge >= 0.3 is 6.01 Å². The molecule has 1 aliphatic heterocycles. The van der Waals surface area contributed by atoms with Gasteiger partial charge in [-0.15, -0.1) is 0 Å². The fourth-order valence-electron chi connectivity index (χ4n) is 3.37. The molecule has 1 unspecified atom stereocenters. The Morgan fingerprint density at radius 1 is 1.11 bits per heavy atom. The third-order valence-corrected chi connectivity index (χ3v) is 5.03. The minimum Gasteiger partial charge on any atom is -0.496 e. The van der Waals surface area contributed by atoms with Crippen molar-refractivity contribution in [3.05, 3.63) is 51.5 Å². The lowest BCUT2D eigenvalue weighted by molar-refractivity contribution is 0.167. The molecular weight excluding hydrogens is 405 g/mol. The Labute approximate surface area is 171 Å². The van der Waals surface area contributed by atoms with Gasteiger partial charge in [0, 0.05) is 26.7 Å². The molecule has 0 spiro atoms. The molecule has 2 aromatic carbocycles. The molecule has 0 aliphatic carbocycles. The normalized spacial score (nSPS) is 16.0. The summed E-state index contributed by atoms with van der Waals surface area (Å²) in [7, 11) is 3.16. The number of methoxy groups -OCH3 is 2. The monoisotopic (exact) mass is 421 g/mol. The Morgan fingerprint density at radius 3 is 2.46 bits per heavy atom. The van der Waals surface area contributed by atoms with Gasteiger partial charge in [0.25, 0.3) is 0 Å². The van der Waals surface area contributed by atoms with Crippen molar-refractivity contribution in [1.82, 2.24) is 10.1 Å². The second kappa shape index (κ2) is 7.50. The van der Waals surface area contributed by atoms with E-state index in [1.807, 2.05) is 0 Å². The Hall–Kier alpha value is -2.48. The van der Waals surface area contributed by atoms with Crippen LogP contribution in [0.2, 0.25) is 10.0 Å². The molecule has 1 aliphatic rings. The summed E-state index contributed by atoms with van der Waals surface area (Å²) in [6.07, 6.45) is -0.801. The summed E-state index contributed by atoms with van der Waals surface area (Å²) in [6.45, 7) is 0.694. The third kappa shape index (κ3) is 3.37. The molecule has 0 bridgehead atoms. The SMILES string of the molecule is COc1ccc(OC)c2c1CN(c1nc(-c3cc(Cl)cc(Cl)c3)no1)CC2O. The molecule has 0 saturated carbocycles. The van der Waals surface area contributed by atoms with Crippen LogP contribution in [0.15, 0.2) is 34.9 Å². The highest BCUT2D eigenvalue weighted by Crippen LogP contribution is 2.40. The van der Waals surface area contributed by atoms with Crippen LogP contribution in [-0.2, 0) is 6.54 Å². The molecule has 28 heavy (non-hydrogen) atoms. The second-order valence-electron chi connectivity index (χ2n) is 6.32. The summed E-state index contributed by atoms with van der Waals surface area (Å²) >= 11 is 12.1. The van der Waals surface area contributed by atoms with Gasteiger partial charge in [0.15, 0.2) is 0 Å². The van der Waals surface area contributed by atoms with Crippen LogP contribution in [0.5, 0.6) is 11.5 Å². The summed E-state index contributed by atoms with van der Waals surface area (Å²) in [5, 5.41) is 15.7. The second-order valence-corrected chi connectivity index (χ2v) is 7.19. The smallest absolute Gasteiger partial charge is 0.324 e. The molecule has 9 heteroatoms. The van der Waals surface area contributed by atoms with Gasteiger partial charge in [-0.05, 0) is 30.3 Å². The molecule has 3 aromatic rings. The van der Waals surface area contributed by atoms with Crippen LogP contribution in [0, 0.1) is 0 Å². The van der Waals surface area contributed by atoms with E-state index in [1.54, 1.807) is 49.5 Å². The molecule has 0 fully saturated rings. The van der Waals surface area contributed by atoms with E-state index in [4.69, 9.17) is 37.2 Å². The number of fused-ring (bicyclic) bond motifs is 1. The highest BCUT2D eigenvalue weighted by atomic mass is 35.5. The Kier molecular flexibility index (Phi) is 5.05. The van der Waals surface area contributed by atoms with Gasteiger partial charge in [0.05, 0.1) is 27.3 Å². The van der Waals surface area contributed by atoms with E-state index in [-0.39, 0.29) is 12.6 Å². The molecule has 1 N–H and O–H groups in total. The maximum absolute atomic E-state index is 10.7. The number of aliphatic hydroxyl groups is 1. The van der Waals surface area contributed by atoms with Crippen LogP contribution in [0.4, 0.5) is 6.01 Å². The molecule has 2 heterocycles. The zero-order chi connectivity index (χ0) is 19.8. The lowest BCUT2D eigenvalue weighted by Crippen LogP contribution is -2.34. The summed E-state index contributed by atoms with van der Waals surface area (Å²) in [5.74, 6) is 1.63. The number of nitrogens with zero attached hydrogens (tertiary/aromatic N) is 3. The molecule has 0 amide bonds. The number of aromatic nitrogens is 2. The van der Waals surface area contributed by atoms with Crippen LogP contribution in [0.25, 0.3) is 11.4 Å². The van der Waals surface area contributed by atoms with Crippen LogP contribution >= 0.6 is 23.2 Å². The van der Waals surface area contributed by atoms with E-state index in [0.717, 1.165) is 5.56 Å². The Morgan fingerprint density at radius 2 is 1.79 bits per heavy atom. The van der Waals surface area contributed by atoms with E-state index in [0.29, 0.717) is 45.0 Å². The van der Waals surface area contributed by atoms with E-state index >= 15 is 0 Å². The summed E-state index contributed by atoms with van der Waals surface area (Å²) in [4.78, 5) is 6.23. The summed E-state index contributed by atoms with van der Waals surface area (Å²) in [6, 6.07) is 8.91. The zero-order valence-electron chi connectivity index (χ0n) is 15.1. The van der Waals surface area contributed by atoms with Gasteiger partial charge in [-0.3, -0.25) is 0 Å². The summed E-state index contributed by atoms with van der Waals surface area (Å²) in [5.41, 5.74) is 2.16. The van der Waals surface area contributed by atoms with Crippen LogP contribution in [0.3, 0.4) is 0 Å². The number of hydrogen-bond acceptors (Lipinski definition) is 7. The van der Waals surface area contributed by atoms with Crippen molar-refractivity contribution in [2.75, 3.05) is 25.7 Å². The van der Waals surface area contributed by atoms with Gasteiger partial charge in [-0.25, -0.2) is 0 Å². The molecule has 146 valence electrons. The first-order valence-corrected chi connectivity index (χ1v) is 9.22. The predicted molar refractivity (Wildman–Crippen MR) is 105 cm³/mol. The van der Waals surface area contributed by atoms with Crippen molar-refractivity contribution in [3.63, 3.8) is 0 Å². The average Bonchev–Trinajstić information content (AvgIpc) is 3.16.